The molecule has 0 aromatic heterocycles. The van der Waals surface area contributed by atoms with Gasteiger partial charge in [-0.2, -0.15) is 0 Å². The average Bonchev–Trinajstić information content (AvgIpc) is 2.29. The van der Waals surface area contributed by atoms with Gasteiger partial charge in [-0.05, 0) is 35.0 Å². The van der Waals surface area contributed by atoms with Crippen LogP contribution in [0.1, 0.15) is 0 Å². The van der Waals surface area contributed by atoms with Gasteiger partial charge in [-0.1, -0.05) is 28.1 Å². The molecule has 2 aromatic carbocycles. The molecule has 2 nitrogen and oxygen atoms in total. The minimum Gasteiger partial charge on any atom is -0.497 e. The van der Waals surface area contributed by atoms with E-state index < -0.39 is 0 Å². The molecule has 2 rings (SSSR count). The van der Waals surface area contributed by atoms with Gasteiger partial charge in [0.15, 0.2) is 0 Å². The summed E-state index contributed by atoms with van der Waals surface area (Å²) in [7, 11) is 1.68. The van der Waals surface area contributed by atoms with Crippen molar-refractivity contribution in [1.29, 1.82) is 0 Å². The summed E-state index contributed by atoms with van der Waals surface area (Å²) in [5, 5.41) is 5.61. The SMILES string of the molecule is COc1ccc2cc(NCBr)ccc2c1. The second kappa shape index (κ2) is 4.53. The third kappa shape index (κ3) is 2.23. The van der Waals surface area contributed by atoms with Gasteiger partial charge in [0.25, 0.3) is 0 Å². The highest BCUT2D eigenvalue weighted by Crippen LogP contribution is 2.23. The molecule has 0 unspecified atom stereocenters. The predicted molar refractivity (Wildman–Crippen MR) is 67.9 cm³/mol. The van der Waals surface area contributed by atoms with Crippen LogP contribution in [0.2, 0.25) is 0 Å². The summed E-state index contributed by atoms with van der Waals surface area (Å²) < 4.78 is 5.18. The fourth-order valence-corrected chi connectivity index (χ4v) is 1.86. The molecule has 0 aliphatic heterocycles. The molecule has 0 bridgehead atoms. The largest absolute Gasteiger partial charge is 0.497 e. The van der Waals surface area contributed by atoms with E-state index in [1.165, 1.54) is 10.8 Å². The number of anilines is 1. The molecule has 15 heavy (non-hydrogen) atoms. The first-order valence-corrected chi connectivity index (χ1v) is 5.83. The van der Waals surface area contributed by atoms with Gasteiger partial charge in [-0.15, -0.1) is 0 Å². The molecule has 0 radical (unpaired) electrons. The Morgan fingerprint density at radius 1 is 1.13 bits per heavy atom. The molecule has 0 spiro atoms. The Labute approximate surface area is 97.4 Å². The van der Waals surface area contributed by atoms with E-state index in [1.54, 1.807) is 7.11 Å². The van der Waals surface area contributed by atoms with Crippen LogP contribution in [0.3, 0.4) is 0 Å². The lowest BCUT2D eigenvalue weighted by Crippen LogP contribution is -1.92. The van der Waals surface area contributed by atoms with E-state index >= 15 is 0 Å². The first-order chi connectivity index (χ1) is 7.33. The van der Waals surface area contributed by atoms with Crippen molar-refractivity contribution in [3.8, 4) is 5.75 Å². The summed E-state index contributed by atoms with van der Waals surface area (Å²) in [5.74, 6) is 0.892. The molecule has 3 heteroatoms. The summed E-state index contributed by atoms with van der Waals surface area (Å²) in [6.07, 6.45) is 0. The Balaban J connectivity index is 2.45. The molecule has 0 saturated carbocycles. The number of halogens is 1. The number of rotatable bonds is 3. The lowest BCUT2D eigenvalue weighted by molar-refractivity contribution is 0.415. The maximum absolute atomic E-state index is 5.18. The Morgan fingerprint density at radius 3 is 2.60 bits per heavy atom. The summed E-state index contributed by atoms with van der Waals surface area (Å²) in [6, 6.07) is 12.3. The molecule has 78 valence electrons. The maximum Gasteiger partial charge on any atom is 0.119 e. The Hall–Kier alpha value is -1.22. The van der Waals surface area contributed by atoms with Crippen molar-refractivity contribution in [2.45, 2.75) is 0 Å². The molecular formula is C12H12BrNO. The predicted octanol–water partition coefficient (Wildman–Crippen LogP) is 3.61. The maximum atomic E-state index is 5.18. The fraction of sp³-hybridized carbons (Fsp3) is 0.167. The summed E-state index contributed by atoms with van der Waals surface area (Å²) in [5.41, 5.74) is 1.87. The second-order valence-electron chi connectivity index (χ2n) is 3.24. The second-order valence-corrected chi connectivity index (χ2v) is 3.80. The van der Waals surface area contributed by atoms with Crippen LogP contribution in [0.25, 0.3) is 10.8 Å². The van der Waals surface area contributed by atoms with Crippen molar-refractivity contribution < 1.29 is 4.74 Å². The highest BCUT2D eigenvalue weighted by atomic mass is 79.9. The Kier molecular flexibility index (Phi) is 3.11. The van der Waals surface area contributed by atoms with E-state index in [4.69, 9.17) is 4.74 Å². The molecule has 0 saturated heterocycles. The number of ether oxygens (including phenoxy) is 1. The van der Waals surface area contributed by atoms with Crippen molar-refractivity contribution in [1.82, 2.24) is 0 Å². The highest BCUT2D eigenvalue weighted by molar-refractivity contribution is 9.09. The lowest BCUT2D eigenvalue weighted by Gasteiger charge is -2.05. The Morgan fingerprint density at radius 2 is 1.87 bits per heavy atom. The van der Waals surface area contributed by atoms with Gasteiger partial charge in [-0.3, -0.25) is 0 Å². The number of nitrogens with one attached hydrogen (secondary N) is 1. The first-order valence-electron chi connectivity index (χ1n) is 4.71. The van der Waals surface area contributed by atoms with Gasteiger partial charge >= 0.3 is 0 Å². The number of hydrogen-bond donors (Lipinski definition) is 1. The third-order valence-electron chi connectivity index (χ3n) is 2.32. The molecule has 0 fully saturated rings. The van der Waals surface area contributed by atoms with Crippen LogP contribution < -0.4 is 10.1 Å². The summed E-state index contributed by atoms with van der Waals surface area (Å²) in [6.45, 7) is 0. The molecule has 0 atom stereocenters. The number of alkyl halides is 1. The average molecular weight is 266 g/mol. The zero-order valence-electron chi connectivity index (χ0n) is 8.46. The van der Waals surface area contributed by atoms with Gasteiger partial charge < -0.3 is 10.1 Å². The van der Waals surface area contributed by atoms with Crippen LogP contribution in [0.15, 0.2) is 36.4 Å². The van der Waals surface area contributed by atoms with Gasteiger partial charge in [0, 0.05) is 5.69 Å². The summed E-state index contributed by atoms with van der Waals surface area (Å²) in [4.78, 5) is 0. The van der Waals surface area contributed by atoms with Crippen molar-refractivity contribution in [2.75, 3.05) is 17.9 Å². The van der Waals surface area contributed by atoms with E-state index in [9.17, 15) is 0 Å². The van der Waals surface area contributed by atoms with E-state index in [2.05, 4.69) is 45.5 Å². The van der Waals surface area contributed by atoms with Crippen molar-refractivity contribution in [2.24, 2.45) is 0 Å². The minimum absolute atomic E-state index is 0.759. The third-order valence-corrected chi connectivity index (χ3v) is 2.60. The highest BCUT2D eigenvalue weighted by Gasteiger charge is 1.97. The van der Waals surface area contributed by atoms with E-state index in [0.717, 1.165) is 16.9 Å². The number of benzene rings is 2. The van der Waals surface area contributed by atoms with E-state index in [1.807, 2.05) is 12.1 Å². The molecule has 0 heterocycles. The van der Waals surface area contributed by atoms with E-state index in [0.29, 0.717) is 0 Å². The van der Waals surface area contributed by atoms with Crippen LogP contribution in [-0.2, 0) is 0 Å². The summed E-state index contributed by atoms with van der Waals surface area (Å²) >= 11 is 3.34. The van der Waals surface area contributed by atoms with Crippen molar-refractivity contribution in [3.63, 3.8) is 0 Å². The van der Waals surface area contributed by atoms with Gasteiger partial charge in [0.1, 0.15) is 5.75 Å². The number of fused-ring (bicyclic) bond motifs is 1. The van der Waals surface area contributed by atoms with Crippen molar-refractivity contribution >= 4 is 32.4 Å². The van der Waals surface area contributed by atoms with Crippen LogP contribution >= 0.6 is 15.9 Å². The normalized spacial score (nSPS) is 10.3. The van der Waals surface area contributed by atoms with Crippen molar-refractivity contribution in [3.05, 3.63) is 36.4 Å². The molecule has 2 aromatic rings. The smallest absolute Gasteiger partial charge is 0.119 e. The van der Waals surface area contributed by atoms with Crippen LogP contribution in [-0.4, -0.2) is 12.6 Å². The number of methoxy groups -OCH3 is 1. The molecule has 0 aliphatic carbocycles. The van der Waals surface area contributed by atoms with Gasteiger partial charge in [0.05, 0.1) is 12.6 Å². The molecular weight excluding hydrogens is 254 g/mol. The van der Waals surface area contributed by atoms with Gasteiger partial charge in [0.2, 0.25) is 0 Å². The standard InChI is InChI=1S/C12H12BrNO/c1-15-12-5-3-9-6-11(14-8-13)4-2-10(9)7-12/h2-7,14H,8H2,1H3. The molecule has 0 amide bonds. The molecule has 0 aliphatic rings. The minimum atomic E-state index is 0.759. The number of hydrogen-bond acceptors (Lipinski definition) is 2. The van der Waals surface area contributed by atoms with Gasteiger partial charge in [-0.25, -0.2) is 0 Å². The molecule has 1 N–H and O–H groups in total. The van der Waals surface area contributed by atoms with Crippen LogP contribution in [0, 0.1) is 0 Å². The quantitative estimate of drug-likeness (QED) is 0.676. The van der Waals surface area contributed by atoms with Crippen LogP contribution in [0.4, 0.5) is 5.69 Å². The monoisotopic (exact) mass is 265 g/mol. The Bertz CT molecular complexity index is 470. The first kappa shape index (κ1) is 10.3. The zero-order chi connectivity index (χ0) is 10.7. The van der Waals surface area contributed by atoms with E-state index in [-0.39, 0.29) is 0 Å². The fourth-order valence-electron chi connectivity index (χ4n) is 1.54. The zero-order valence-corrected chi connectivity index (χ0v) is 10.0. The topological polar surface area (TPSA) is 21.3 Å². The van der Waals surface area contributed by atoms with Crippen LogP contribution in [0.5, 0.6) is 5.75 Å². The lowest BCUT2D eigenvalue weighted by atomic mass is 10.1.